The van der Waals surface area contributed by atoms with Crippen molar-refractivity contribution < 1.29 is 22.3 Å². The lowest BCUT2D eigenvalue weighted by molar-refractivity contribution is 0.322. The van der Waals surface area contributed by atoms with E-state index in [1.165, 1.54) is 24.8 Å². The Bertz CT molecular complexity index is 843. The number of rotatable bonds is 7. The van der Waals surface area contributed by atoms with Gasteiger partial charge in [0.05, 0.1) is 12.0 Å². The monoisotopic (exact) mass is 381 g/mol. The third-order valence-electron chi connectivity index (χ3n) is 3.82. The zero-order valence-electron chi connectivity index (χ0n) is 15.4. The lowest BCUT2D eigenvalue weighted by Crippen LogP contribution is -2.28. The smallest absolute Gasteiger partial charge is 0.240 e. The van der Waals surface area contributed by atoms with Gasteiger partial charge in [0, 0.05) is 6.54 Å². The quantitative estimate of drug-likeness (QED) is 0.746. The van der Waals surface area contributed by atoms with Gasteiger partial charge in [0.2, 0.25) is 10.0 Å². The summed E-state index contributed by atoms with van der Waals surface area (Å²) in [5, 5.41) is 0. The second kappa shape index (κ2) is 8.05. The normalized spacial score (nSPS) is 12.0. The first kappa shape index (κ1) is 20.2. The van der Waals surface area contributed by atoms with Crippen molar-refractivity contribution in [1.82, 2.24) is 4.72 Å². The van der Waals surface area contributed by atoms with Gasteiger partial charge in [0.15, 0.2) is 11.6 Å². The molecule has 142 valence electrons. The SMILES string of the molecule is COc1ccc(S(=O)(=O)NCCOc2ccc(C(C)(C)C)cc2)cc1F. The van der Waals surface area contributed by atoms with Crippen LogP contribution in [0.5, 0.6) is 11.5 Å². The molecule has 0 aliphatic heterocycles. The predicted octanol–water partition coefficient (Wildman–Crippen LogP) is 3.49. The van der Waals surface area contributed by atoms with Gasteiger partial charge < -0.3 is 9.47 Å². The molecule has 0 atom stereocenters. The van der Waals surface area contributed by atoms with E-state index in [-0.39, 0.29) is 29.2 Å². The molecule has 2 rings (SSSR count). The molecule has 7 heteroatoms. The number of nitrogens with one attached hydrogen (secondary N) is 1. The summed E-state index contributed by atoms with van der Waals surface area (Å²) in [7, 11) is -2.50. The minimum atomic E-state index is -3.81. The fourth-order valence-electron chi connectivity index (χ4n) is 2.29. The molecule has 0 amide bonds. The summed E-state index contributed by atoms with van der Waals surface area (Å²) in [4.78, 5) is -0.162. The van der Waals surface area contributed by atoms with Gasteiger partial charge >= 0.3 is 0 Å². The minimum absolute atomic E-state index is 0.00835. The Kier molecular flexibility index (Phi) is 6.26. The molecule has 2 aromatic carbocycles. The number of benzene rings is 2. The highest BCUT2D eigenvalue weighted by Crippen LogP contribution is 2.24. The lowest BCUT2D eigenvalue weighted by atomic mass is 9.87. The van der Waals surface area contributed by atoms with Gasteiger partial charge in [-0.3, -0.25) is 0 Å². The molecule has 0 spiro atoms. The van der Waals surface area contributed by atoms with Crippen molar-refractivity contribution in [3.05, 3.63) is 53.8 Å². The largest absolute Gasteiger partial charge is 0.494 e. The number of hydrogen-bond acceptors (Lipinski definition) is 4. The average molecular weight is 381 g/mol. The van der Waals surface area contributed by atoms with Crippen LogP contribution < -0.4 is 14.2 Å². The molecule has 5 nitrogen and oxygen atoms in total. The molecule has 2 aromatic rings. The van der Waals surface area contributed by atoms with Crippen LogP contribution in [0.3, 0.4) is 0 Å². The molecule has 0 heterocycles. The minimum Gasteiger partial charge on any atom is -0.494 e. The third-order valence-corrected chi connectivity index (χ3v) is 5.28. The van der Waals surface area contributed by atoms with Crippen LogP contribution in [0.4, 0.5) is 4.39 Å². The van der Waals surface area contributed by atoms with Crippen LogP contribution in [0.2, 0.25) is 0 Å². The number of sulfonamides is 1. The second-order valence-electron chi connectivity index (χ2n) is 6.82. The van der Waals surface area contributed by atoms with E-state index in [9.17, 15) is 12.8 Å². The maximum absolute atomic E-state index is 13.7. The Morgan fingerprint density at radius 3 is 2.27 bits per heavy atom. The van der Waals surface area contributed by atoms with Crippen molar-refractivity contribution in [2.75, 3.05) is 20.3 Å². The zero-order chi connectivity index (χ0) is 19.4. The highest BCUT2D eigenvalue weighted by molar-refractivity contribution is 7.89. The van der Waals surface area contributed by atoms with Gasteiger partial charge in [-0.15, -0.1) is 0 Å². The Balaban J connectivity index is 1.90. The van der Waals surface area contributed by atoms with Crippen LogP contribution in [0.1, 0.15) is 26.3 Å². The summed E-state index contributed by atoms with van der Waals surface area (Å²) < 4.78 is 50.7. The van der Waals surface area contributed by atoms with Crippen molar-refractivity contribution >= 4 is 10.0 Å². The van der Waals surface area contributed by atoms with Gasteiger partial charge in [-0.05, 0) is 41.3 Å². The molecule has 0 saturated heterocycles. The Morgan fingerprint density at radius 1 is 1.08 bits per heavy atom. The summed E-state index contributed by atoms with van der Waals surface area (Å²) in [6, 6.07) is 11.2. The van der Waals surface area contributed by atoms with E-state index in [1.807, 2.05) is 24.3 Å². The van der Waals surface area contributed by atoms with E-state index >= 15 is 0 Å². The van der Waals surface area contributed by atoms with E-state index in [4.69, 9.17) is 9.47 Å². The topological polar surface area (TPSA) is 64.6 Å². The first-order chi connectivity index (χ1) is 12.1. The molecule has 26 heavy (non-hydrogen) atoms. The number of halogens is 1. The molecule has 0 bridgehead atoms. The van der Waals surface area contributed by atoms with Crippen LogP contribution in [-0.4, -0.2) is 28.7 Å². The second-order valence-corrected chi connectivity index (χ2v) is 8.58. The molecule has 0 aromatic heterocycles. The van der Waals surface area contributed by atoms with Crippen molar-refractivity contribution in [2.24, 2.45) is 0 Å². The van der Waals surface area contributed by atoms with Gasteiger partial charge in [0.1, 0.15) is 12.4 Å². The van der Waals surface area contributed by atoms with E-state index in [1.54, 1.807) is 0 Å². The molecule has 0 saturated carbocycles. The van der Waals surface area contributed by atoms with Crippen molar-refractivity contribution in [3.8, 4) is 11.5 Å². The van der Waals surface area contributed by atoms with Gasteiger partial charge in [-0.25, -0.2) is 17.5 Å². The highest BCUT2D eigenvalue weighted by atomic mass is 32.2. The lowest BCUT2D eigenvalue weighted by Gasteiger charge is -2.19. The zero-order valence-corrected chi connectivity index (χ0v) is 16.2. The van der Waals surface area contributed by atoms with Crippen LogP contribution in [0.15, 0.2) is 47.4 Å². The fourth-order valence-corrected chi connectivity index (χ4v) is 3.32. The fraction of sp³-hybridized carbons (Fsp3) is 0.368. The van der Waals surface area contributed by atoms with Gasteiger partial charge in [-0.2, -0.15) is 0 Å². The van der Waals surface area contributed by atoms with E-state index < -0.39 is 15.8 Å². The maximum Gasteiger partial charge on any atom is 0.240 e. The van der Waals surface area contributed by atoms with E-state index in [0.717, 1.165) is 6.07 Å². The van der Waals surface area contributed by atoms with Crippen LogP contribution >= 0.6 is 0 Å². The van der Waals surface area contributed by atoms with Crippen molar-refractivity contribution in [1.29, 1.82) is 0 Å². The first-order valence-electron chi connectivity index (χ1n) is 8.20. The van der Waals surface area contributed by atoms with E-state index in [2.05, 4.69) is 25.5 Å². The standard InChI is InChI=1S/C19H24FNO4S/c1-19(2,3)14-5-7-15(8-6-14)25-12-11-21-26(22,23)16-9-10-18(24-4)17(20)13-16/h5-10,13,21H,11-12H2,1-4H3. The molecule has 0 unspecified atom stereocenters. The summed E-state index contributed by atoms with van der Waals surface area (Å²) in [6.45, 7) is 6.60. The molecule has 0 aliphatic rings. The highest BCUT2D eigenvalue weighted by Gasteiger charge is 2.16. The molecule has 1 N–H and O–H groups in total. The number of methoxy groups -OCH3 is 1. The summed E-state index contributed by atoms with van der Waals surface area (Å²) in [5.74, 6) is -0.0794. The third kappa shape index (κ3) is 5.19. The summed E-state index contributed by atoms with van der Waals surface area (Å²) in [6.07, 6.45) is 0. The molecular formula is C19H24FNO4S. The Labute approximate surface area is 154 Å². The maximum atomic E-state index is 13.7. The Hall–Kier alpha value is -2.12. The Morgan fingerprint density at radius 2 is 1.73 bits per heavy atom. The van der Waals surface area contributed by atoms with Gasteiger partial charge in [-0.1, -0.05) is 32.9 Å². The van der Waals surface area contributed by atoms with E-state index in [0.29, 0.717) is 5.75 Å². The summed E-state index contributed by atoms with van der Waals surface area (Å²) >= 11 is 0. The van der Waals surface area contributed by atoms with Crippen LogP contribution in [-0.2, 0) is 15.4 Å². The van der Waals surface area contributed by atoms with Crippen molar-refractivity contribution in [2.45, 2.75) is 31.1 Å². The molecule has 0 fully saturated rings. The molecule has 0 aliphatic carbocycles. The molecular weight excluding hydrogens is 357 g/mol. The van der Waals surface area contributed by atoms with Crippen LogP contribution in [0, 0.1) is 5.82 Å². The van der Waals surface area contributed by atoms with Crippen molar-refractivity contribution in [3.63, 3.8) is 0 Å². The summed E-state index contributed by atoms with van der Waals surface area (Å²) in [5.41, 5.74) is 1.24. The predicted molar refractivity (Wildman–Crippen MR) is 98.8 cm³/mol. The average Bonchev–Trinajstić information content (AvgIpc) is 2.58. The number of ether oxygens (including phenoxy) is 2. The molecule has 0 radical (unpaired) electrons. The van der Waals surface area contributed by atoms with Gasteiger partial charge in [0.25, 0.3) is 0 Å². The van der Waals surface area contributed by atoms with Crippen LogP contribution in [0.25, 0.3) is 0 Å². The first-order valence-corrected chi connectivity index (χ1v) is 9.68. The number of hydrogen-bond donors (Lipinski definition) is 1.